The summed E-state index contributed by atoms with van der Waals surface area (Å²) in [4.78, 5) is 0. The maximum Gasteiger partial charge on any atom is 0.123 e. The molecule has 1 saturated carbocycles. The first kappa shape index (κ1) is 15.4. The van der Waals surface area contributed by atoms with Crippen LogP contribution in [0.5, 0.6) is 5.75 Å². The van der Waals surface area contributed by atoms with Crippen LogP contribution in [0.3, 0.4) is 0 Å². The number of nitrogens with one attached hydrogen (secondary N) is 1. The topological polar surface area (TPSA) is 21.3 Å². The molecule has 2 atom stereocenters. The van der Waals surface area contributed by atoms with Crippen molar-refractivity contribution < 1.29 is 4.74 Å². The van der Waals surface area contributed by atoms with E-state index in [1.165, 1.54) is 44.1 Å². The number of benzene rings is 1. The molecule has 0 saturated heterocycles. The standard InChI is InChI=1S/C18H29NO/c1-4-17(15-10-6-5-7-11-15)19-14(2)16-12-8-9-13-18(16)20-3/h8-9,12-15,17,19H,4-7,10-11H2,1-3H3. The molecule has 1 aromatic carbocycles. The quantitative estimate of drug-likeness (QED) is 0.812. The molecule has 2 rings (SSSR count). The highest BCUT2D eigenvalue weighted by Crippen LogP contribution is 2.30. The minimum absolute atomic E-state index is 0.345. The Labute approximate surface area is 123 Å². The lowest BCUT2D eigenvalue weighted by atomic mass is 9.82. The maximum atomic E-state index is 5.49. The summed E-state index contributed by atoms with van der Waals surface area (Å²) in [5.74, 6) is 1.84. The Kier molecular flexibility index (Phi) is 5.90. The molecule has 2 heteroatoms. The van der Waals surface area contributed by atoms with Gasteiger partial charge in [0.25, 0.3) is 0 Å². The summed E-state index contributed by atoms with van der Waals surface area (Å²) in [7, 11) is 1.75. The van der Waals surface area contributed by atoms with Gasteiger partial charge in [-0.2, -0.15) is 0 Å². The van der Waals surface area contributed by atoms with Crippen LogP contribution in [0.2, 0.25) is 0 Å². The second kappa shape index (κ2) is 7.68. The lowest BCUT2D eigenvalue weighted by molar-refractivity contribution is 0.248. The first-order valence-corrected chi connectivity index (χ1v) is 8.15. The van der Waals surface area contributed by atoms with Crippen molar-refractivity contribution in [3.8, 4) is 5.75 Å². The van der Waals surface area contributed by atoms with Crippen molar-refractivity contribution in [3.05, 3.63) is 29.8 Å². The third kappa shape index (κ3) is 3.76. The van der Waals surface area contributed by atoms with Crippen LogP contribution in [0.1, 0.15) is 64.0 Å². The van der Waals surface area contributed by atoms with Gasteiger partial charge in [-0.3, -0.25) is 0 Å². The molecule has 0 aliphatic heterocycles. The molecule has 0 radical (unpaired) electrons. The Morgan fingerprint density at radius 3 is 2.55 bits per heavy atom. The van der Waals surface area contributed by atoms with Crippen LogP contribution in [-0.2, 0) is 0 Å². The van der Waals surface area contributed by atoms with Crippen LogP contribution < -0.4 is 10.1 Å². The predicted molar refractivity (Wildman–Crippen MR) is 85.2 cm³/mol. The van der Waals surface area contributed by atoms with Gasteiger partial charge in [-0.05, 0) is 38.2 Å². The van der Waals surface area contributed by atoms with E-state index in [1.54, 1.807) is 7.11 Å². The lowest BCUT2D eigenvalue weighted by Gasteiger charge is -2.33. The average molecular weight is 275 g/mol. The van der Waals surface area contributed by atoms with Crippen molar-refractivity contribution in [2.75, 3.05) is 7.11 Å². The van der Waals surface area contributed by atoms with Crippen LogP contribution in [0.25, 0.3) is 0 Å². The van der Waals surface area contributed by atoms with Gasteiger partial charge in [0.2, 0.25) is 0 Å². The molecular weight excluding hydrogens is 246 g/mol. The molecule has 20 heavy (non-hydrogen) atoms. The zero-order valence-corrected chi connectivity index (χ0v) is 13.2. The smallest absolute Gasteiger partial charge is 0.123 e. The van der Waals surface area contributed by atoms with E-state index in [0.717, 1.165) is 11.7 Å². The molecule has 2 unspecified atom stereocenters. The largest absolute Gasteiger partial charge is 0.496 e. The molecule has 112 valence electrons. The molecule has 0 aromatic heterocycles. The van der Waals surface area contributed by atoms with E-state index in [-0.39, 0.29) is 0 Å². The molecule has 0 heterocycles. The first-order valence-electron chi connectivity index (χ1n) is 8.15. The van der Waals surface area contributed by atoms with Gasteiger partial charge in [0.05, 0.1) is 7.11 Å². The van der Waals surface area contributed by atoms with Crippen molar-refractivity contribution in [2.45, 2.75) is 64.5 Å². The highest BCUT2D eigenvalue weighted by molar-refractivity contribution is 5.35. The number of para-hydroxylation sites is 1. The third-order valence-corrected chi connectivity index (χ3v) is 4.73. The van der Waals surface area contributed by atoms with E-state index in [9.17, 15) is 0 Å². The van der Waals surface area contributed by atoms with Gasteiger partial charge in [0, 0.05) is 17.6 Å². The first-order chi connectivity index (χ1) is 9.76. The van der Waals surface area contributed by atoms with Crippen LogP contribution in [0.15, 0.2) is 24.3 Å². The fourth-order valence-electron chi connectivity index (χ4n) is 3.56. The third-order valence-electron chi connectivity index (χ3n) is 4.73. The van der Waals surface area contributed by atoms with Gasteiger partial charge in [-0.15, -0.1) is 0 Å². The average Bonchev–Trinajstić information content (AvgIpc) is 2.53. The Balaban J connectivity index is 2.02. The molecule has 2 nitrogen and oxygen atoms in total. The zero-order valence-electron chi connectivity index (χ0n) is 13.2. The molecular formula is C18H29NO. The second-order valence-corrected chi connectivity index (χ2v) is 6.04. The minimum Gasteiger partial charge on any atom is -0.496 e. The van der Waals surface area contributed by atoms with Gasteiger partial charge in [0.1, 0.15) is 5.75 Å². The second-order valence-electron chi connectivity index (χ2n) is 6.04. The van der Waals surface area contributed by atoms with Gasteiger partial charge < -0.3 is 10.1 Å². The number of rotatable bonds is 6. The molecule has 0 spiro atoms. The fraction of sp³-hybridized carbons (Fsp3) is 0.667. The van der Waals surface area contributed by atoms with Crippen molar-refractivity contribution >= 4 is 0 Å². The van der Waals surface area contributed by atoms with Crippen molar-refractivity contribution in [1.82, 2.24) is 5.32 Å². The number of methoxy groups -OCH3 is 1. The van der Waals surface area contributed by atoms with E-state index >= 15 is 0 Å². The zero-order chi connectivity index (χ0) is 14.4. The molecule has 0 amide bonds. The van der Waals surface area contributed by atoms with E-state index < -0.39 is 0 Å². The van der Waals surface area contributed by atoms with Crippen LogP contribution >= 0.6 is 0 Å². The number of hydrogen-bond acceptors (Lipinski definition) is 2. The number of ether oxygens (including phenoxy) is 1. The molecule has 0 bridgehead atoms. The summed E-state index contributed by atoms with van der Waals surface area (Å²) in [5.41, 5.74) is 1.27. The predicted octanol–water partition coefficient (Wildman–Crippen LogP) is 4.70. The van der Waals surface area contributed by atoms with Crippen LogP contribution in [-0.4, -0.2) is 13.2 Å². The van der Waals surface area contributed by atoms with E-state index in [0.29, 0.717) is 12.1 Å². The summed E-state index contributed by atoms with van der Waals surface area (Å²) in [6.07, 6.45) is 8.24. The van der Waals surface area contributed by atoms with Crippen molar-refractivity contribution in [2.24, 2.45) is 5.92 Å². The molecule has 1 aliphatic rings. The van der Waals surface area contributed by atoms with E-state index in [1.807, 2.05) is 6.07 Å². The summed E-state index contributed by atoms with van der Waals surface area (Å²) in [6.45, 7) is 4.56. The molecule has 1 aromatic rings. The Bertz CT molecular complexity index is 398. The molecule has 1 N–H and O–H groups in total. The van der Waals surface area contributed by atoms with Gasteiger partial charge in [-0.25, -0.2) is 0 Å². The maximum absolute atomic E-state index is 5.49. The van der Waals surface area contributed by atoms with E-state index in [2.05, 4.69) is 37.4 Å². The number of hydrogen-bond donors (Lipinski definition) is 1. The van der Waals surface area contributed by atoms with E-state index in [4.69, 9.17) is 4.74 Å². The van der Waals surface area contributed by atoms with Crippen molar-refractivity contribution in [1.29, 1.82) is 0 Å². The van der Waals surface area contributed by atoms with Crippen LogP contribution in [0.4, 0.5) is 0 Å². The summed E-state index contributed by atoms with van der Waals surface area (Å²) >= 11 is 0. The molecule has 1 aliphatic carbocycles. The Morgan fingerprint density at radius 2 is 1.90 bits per heavy atom. The SMILES string of the molecule is CCC(NC(C)c1ccccc1OC)C1CCCCC1. The minimum atomic E-state index is 0.345. The summed E-state index contributed by atoms with van der Waals surface area (Å²) in [5, 5.41) is 3.85. The lowest BCUT2D eigenvalue weighted by Crippen LogP contribution is -2.38. The highest BCUT2D eigenvalue weighted by atomic mass is 16.5. The van der Waals surface area contributed by atoms with Gasteiger partial charge >= 0.3 is 0 Å². The summed E-state index contributed by atoms with van der Waals surface area (Å²) < 4.78 is 5.49. The Hall–Kier alpha value is -1.02. The summed E-state index contributed by atoms with van der Waals surface area (Å²) in [6, 6.07) is 9.33. The normalized spacial score (nSPS) is 19.6. The Morgan fingerprint density at radius 1 is 1.20 bits per heavy atom. The van der Waals surface area contributed by atoms with Gasteiger partial charge in [0.15, 0.2) is 0 Å². The van der Waals surface area contributed by atoms with Crippen LogP contribution in [0, 0.1) is 5.92 Å². The highest BCUT2D eigenvalue weighted by Gasteiger charge is 2.24. The van der Waals surface area contributed by atoms with Crippen molar-refractivity contribution in [3.63, 3.8) is 0 Å². The fourth-order valence-corrected chi connectivity index (χ4v) is 3.56. The molecule has 1 fully saturated rings. The van der Waals surface area contributed by atoms with Gasteiger partial charge in [-0.1, -0.05) is 44.4 Å². The monoisotopic (exact) mass is 275 g/mol.